The molecule has 3 aromatic rings. The van der Waals surface area contributed by atoms with Crippen molar-refractivity contribution in [3.05, 3.63) is 60.2 Å². The fraction of sp³-hybridized carbons (Fsp3) is 0.333. The van der Waals surface area contributed by atoms with Gasteiger partial charge in [-0.3, -0.25) is 4.79 Å². The van der Waals surface area contributed by atoms with Gasteiger partial charge in [-0.15, -0.1) is 0 Å². The number of aromatic nitrogens is 1. The van der Waals surface area contributed by atoms with Gasteiger partial charge >= 0.3 is 0 Å². The van der Waals surface area contributed by atoms with Crippen molar-refractivity contribution >= 4 is 45.1 Å². The molecule has 1 saturated carbocycles. The van der Waals surface area contributed by atoms with Crippen molar-refractivity contribution in [2.24, 2.45) is 5.92 Å². The maximum atomic E-state index is 11.5. The van der Waals surface area contributed by atoms with E-state index in [1.165, 1.54) is 19.8 Å². The first-order valence-corrected chi connectivity index (χ1v) is 11.3. The molecular formula is C24H26IN3O2. The number of amides is 1. The highest BCUT2D eigenvalue weighted by molar-refractivity contribution is 14.1. The van der Waals surface area contributed by atoms with Crippen molar-refractivity contribution < 1.29 is 9.53 Å². The second-order valence-corrected chi connectivity index (χ2v) is 10.3. The number of hydrogen-bond acceptors (Lipinski definition) is 4. The Balaban J connectivity index is 1.47. The van der Waals surface area contributed by atoms with Crippen LogP contribution in [0.15, 0.2) is 54.6 Å². The average molecular weight is 515 g/mol. The Morgan fingerprint density at radius 2 is 1.90 bits per heavy atom. The van der Waals surface area contributed by atoms with Crippen molar-refractivity contribution in [2.45, 2.75) is 43.2 Å². The lowest BCUT2D eigenvalue weighted by atomic mass is 10.1. The summed E-state index contributed by atoms with van der Waals surface area (Å²) in [4.78, 5) is 16.1. The third-order valence-electron chi connectivity index (χ3n) is 5.42. The number of carbonyl (C=O) groups is 1. The van der Waals surface area contributed by atoms with E-state index in [4.69, 9.17) is 4.74 Å². The minimum atomic E-state index is -0.472. The molecule has 4 rings (SSSR count). The van der Waals surface area contributed by atoms with Crippen LogP contribution in [0, 0.1) is 5.92 Å². The van der Waals surface area contributed by atoms with Crippen molar-refractivity contribution in [3.8, 4) is 11.6 Å². The van der Waals surface area contributed by atoms with Crippen LogP contribution >= 0.6 is 22.6 Å². The van der Waals surface area contributed by atoms with Crippen molar-refractivity contribution in [3.63, 3.8) is 0 Å². The number of fused-ring (bicyclic) bond motifs is 1. The summed E-state index contributed by atoms with van der Waals surface area (Å²) in [5.41, 5.74) is 2.98. The molecule has 1 heterocycles. The Bertz CT molecular complexity index is 1060. The summed E-state index contributed by atoms with van der Waals surface area (Å²) in [5, 5.41) is 7.52. The number of hydrogen-bond donors (Lipinski definition) is 2. The summed E-state index contributed by atoms with van der Waals surface area (Å²) in [6.45, 7) is 5.74. The zero-order chi connectivity index (χ0) is 21.3. The Hall–Kier alpha value is -2.35. The molecular weight excluding hydrogens is 489 g/mol. The Kier molecular flexibility index (Phi) is 5.86. The lowest BCUT2D eigenvalue weighted by molar-refractivity contribution is -0.119. The monoisotopic (exact) mass is 515 g/mol. The third-order valence-corrected chi connectivity index (χ3v) is 6.31. The first kappa shape index (κ1) is 20.9. The SMILES string of the molecule is CC(=O)NC(C)(I)c1ccc2nc(Oc3ccc(NC(C)C4CC4)cc3)ccc2c1. The van der Waals surface area contributed by atoms with Gasteiger partial charge < -0.3 is 15.4 Å². The molecule has 0 bridgehead atoms. The second-order valence-electron chi connectivity index (χ2n) is 8.14. The minimum Gasteiger partial charge on any atom is -0.439 e. The van der Waals surface area contributed by atoms with E-state index in [1.807, 2.05) is 55.5 Å². The molecule has 1 aliphatic rings. The van der Waals surface area contributed by atoms with Gasteiger partial charge in [0.25, 0.3) is 0 Å². The molecule has 0 aliphatic heterocycles. The van der Waals surface area contributed by atoms with Crippen LogP contribution in [0.25, 0.3) is 10.9 Å². The van der Waals surface area contributed by atoms with Crippen LogP contribution in [0.4, 0.5) is 5.69 Å². The molecule has 1 fully saturated rings. The summed E-state index contributed by atoms with van der Waals surface area (Å²) in [6, 6.07) is 18.4. The standard InChI is InChI=1S/C24H26IN3O2/c1-15(17-4-5-17)26-20-8-10-21(11-9-20)30-23-13-6-18-14-19(7-12-22(18)27-23)24(3,25)28-16(2)29/h6-15,17,26H,4-5H2,1-3H3,(H,28,29). The Morgan fingerprint density at radius 1 is 1.17 bits per heavy atom. The van der Waals surface area contributed by atoms with Crippen LogP contribution in [-0.4, -0.2) is 16.9 Å². The number of benzene rings is 2. The van der Waals surface area contributed by atoms with Crippen LogP contribution in [0.5, 0.6) is 11.6 Å². The van der Waals surface area contributed by atoms with E-state index in [2.05, 4.69) is 51.2 Å². The summed E-state index contributed by atoms with van der Waals surface area (Å²) in [7, 11) is 0. The minimum absolute atomic E-state index is 0.0583. The first-order valence-electron chi connectivity index (χ1n) is 10.2. The molecule has 2 N–H and O–H groups in total. The number of carbonyl (C=O) groups excluding carboxylic acids is 1. The molecule has 1 aromatic heterocycles. The van der Waals surface area contributed by atoms with E-state index in [-0.39, 0.29) is 5.91 Å². The largest absolute Gasteiger partial charge is 0.439 e. The third kappa shape index (κ3) is 5.03. The van der Waals surface area contributed by atoms with E-state index in [0.29, 0.717) is 11.9 Å². The molecule has 0 spiro atoms. The van der Waals surface area contributed by atoms with E-state index >= 15 is 0 Å². The number of nitrogens with zero attached hydrogens (tertiary/aromatic N) is 1. The van der Waals surface area contributed by atoms with Crippen LogP contribution in [0.2, 0.25) is 0 Å². The van der Waals surface area contributed by atoms with E-state index in [9.17, 15) is 4.79 Å². The maximum absolute atomic E-state index is 11.5. The highest BCUT2D eigenvalue weighted by Gasteiger charge is 2.27. The molecule has 2 unspecified atom stereocenters. The molecule has 0 saturated heterocycles. The summed E-state index contributed by atoms with van der Waals surface area (Å²) >= 11 is 2.25. The quantitative estimate of drug-likeness (QED) is 0.231. The van der Waals surface area contributed by atoms with E-state index in [1.54, 1.807) is 0 Å². The molecule has 6 heteroatoms. The highest BCUT2D eigenvalue weighted by Crippen LogP contribution is 2.34. The Morgan fingerprint density at radius 3 is 2.57 bits per heavy atom. The van der Waals surface area contributed by atoms with Crippen LogP contribution in [0.1, 0.15) is 39.2 Å². The van der Waals surface area contributed by atoms with Gasteiger partial charge in [0.2, 0.25) is 11.8 Å². The molecule has 156 valence electrons. The number of halogens is 1. The Labute approximate surface area is 190 Å². The zero-order valence-corrected chi connectivity index (χ0v) is 19.6. The highest BCUT2D eigenvalue weighted by atomic mass is 127. The van der Waals surface area contributed by atoms with Crippen molar-refractivity contribution in [1.82, 2.24) is 10.3 Å². The summed E-state index contributed by atoms with van der Waals surface area (Å²) < 4.78 is 5.49. The smallest absolute Gasteiger partial charge is 0.219 e. The van der Waals surface area contributed by atoms with Crippen molar-refractivity contribution in [1.29, 1.82) is 0 Å². The van der Waals surface area contributed by atoms with Gasteiger partial charge in [0, 0.05) is 30.1 Å². The summed E-state index contributed by atoms with van der Waals surface area (Å²) in [6.07, 6.45) is 2.66. The first-order chi connectivity index (χ1) is 14.3. The van der Waals surface area contributed by atoms with Gasteiger partial charge in [0.1, 0.15) is 9.30 Å². The van der Waals surface area contributed by atoms with Crippen LogP contribution in [0.3, 0.4) is 0 Å². The van der Waals surface area contributed by atoms with Gasteiger partial charge in [-0.2, -0.15) is 0 Å². The number of nitrogens with one attached hydrogen (secondary N) is 2. The van der Waals surface area contributed by atoms with Crippen molar-refractivity contribution in [2.75, 3.05) is 5.32 Å². The molecule has 2 aromatic carbocycles. The van der Waals surface area contributed by atoms with Crippen LogP contribution < -0.4 is 15.4 Å². The average Bonchev–Trinajstić information content (AvgIpc) is 3.53. The molecule has 2 atom stereocenters. The molecule has 1 aliphatic carbocycles. The van der Waals surface area contributed by atoms with Gasteiger partial charge in [0.15, 0.2) is 0 Å². The molecule has 0 radical (unpaired) electrons. The maximum Gasteiger partial charge on any atom is 0.219 e. The van der Waals surface area contributed by atoms with Gasteiger partial charge in [-0.05, 0) is 103 Å². The van der Waals surface area contributed by atoms with E-state index in [0.717, 1.165) is 33.8 Å². The molecule has 1 amide bonds. The molecule has 30 heavy (non-hydrogen) atoms. The van der Waals surface area contributed by atoms with Gasteiger partial charge in [-0.25, -0.2) is 4.98 Å². The second kappa shape index (κ2) is 8.41. The van der Waals surface area contributed by atoms with Crippen LogP contribution in [-0.2, 0) is 8.34 Å². The number of anilines is 1. The lowest BCUT2D eigenvalue weighted by Gasteiger charge is -2.24. The fourth-order valence-electron chi connectivity index (χ4n) is 3.58. The van der Waals surface area contributed by atoms with Gasteiger partial charge in [0.05, 0.1) is 5.52 Å². The topological polar surface area (TPSA) is 63.2 Å². The predicted octanol–water partition coefficient (Wildman–Crippen LogP) is 5.98. The molecule has 5 nitrogen and oxygen atoms in total. The number of alkyl halides is 1. The van der Waals surface area contributed by atoms with E-state index < -0.39 is 3.55 Å². The number of pyridine rings is 1. The fourth-order valence-corrected chi connectivity index (χ4v) is 4.29. The predicted molar refractivity (Wildman–Crippen MR) is 129 cm³/mol. The zero-order valence-electron chi connectivity index (χ0n) is 17.4. The number of ether oxygens (including phenoxy) is 1. The normalized spacial score (nSPS) is 16.5. The van der Waals surface area contributed by atoms with Gasteiger partial charge in [-0.1, -0.05) is 6.07 Å². The summed E-state index contributed by atoms with van der Waals surface area (Å²) in [5.74, 6) is 2.07. The lowest BCUT2D eigenvalue weighted by Crippen LogP contribution is -2.36. The number of rotatable bonds is 7.